The third-order valence-electron chi connectivity index (χ3n) is 5.73. The number of urea groups is 1. The maximum absolute atomic E-state index is 13.7. The average Bonchev–Trinajstić information content (AvgIpc) is 3.23. The number of para-hydroxylation sites is 2. The Kier molecular flexibility index (Phi) is 6.61. The van der Waals surface area contributed by atoms with Crippen molar-refractivity contribution in [3.05, 3.63) is 60.4 Å². The molecular weight excluding hydrogens is 452 g/mol. The number of alkyl halides is 2. The Balaban J connectivity index is 1.36. The number of piperazine rings is 1. The number of aromatic nitrogens is 2. The van der Waals surface area contributed by atoms with Gasteiger partial charge in [0.1, 0.15) is 5.82 Å². The van der Waals surface area contributed by atoms with Crippen LogP contribution >= 0.6 is 0 Å². The lowest BCUT2D eigenvalue weighted by molar-refractivity contribution is 0.0704. The van der Waals surface area contributed by atoms with Crippen LogP contribution in [0.3, 0.4) is 0 Å². The number of hydrogen-bond donors (Lipinski definition) is 1. The molecule has 4 rings (SSSR count). The van der Waals surface area contributed by atoms with Crippen LogP contribution in [0.15, 0.2) is 59.5 Å². The van der Waals surface area contributed by atoms with Gasteiger partial charge in [-0.3, -0.25) is 4.57 Å². The number of imidazole rings is 1. The molecule has 1 fully saturated rings. The molecule has 1 N–H and O–H groups in total. The number of nitrogens with zero attached hydrogens (tertiary/aromatic N) is 4. The number of hydrogen-bond acceptors (Lipinski definition) is 4. The van der Waals surface area contributed by atoms with E-state index in [4.69, 9.17) is 0 Å². The lowest BCUT2D eigenvalue weighted by atomic mass is 10.1. The first kappa shape index (κ1) is 23.1. The van der Waals surface area contributed by atoms with Crippen molar-refractivity contribution in [1.29, 1.82) is 0 Å². The van der Waals surface area contributed by atoms with Gasteiger partial charge in [-0.25, -0.2) is 18.2 Å². The maximum Gasteiger partial charge on any atom is 0.320 e. The SMILES string of the molecule is CC(CNC(=O)N1CCN(S(=O)(=O)c2ccccc2)CC1)c1nc2ccccc2n1C(F)F. The van der Waals surface area contributed by atoms with Gasteiger partial charge in [-0.05, 0) is 24.3 Å². The molecule has 1 atom stereocenters. The summed E-state index contributed by atoms with van der Waals surface area (Å²) in [5.74, 6) is -0.250. The first-order valence-electron chi connectivity index (χ1n) is 10.6. The topological polar surface area (TPSA) is 87.5 Å². The molecule has 2 heterocycles. The van der Waals surface area contributed by atoms with Crippen LogP contribution in [0.4, 0.5) is 13.6 Å². The van der Waals surface area contributed by atoms with Crippen LogP contribution in [-0.4, -0.2) is 65.9 Å². The summed E-state index contributed by atoms with van der Waals surface area (Å²) in [6, 6.07) is 14.5. The number of nitrogens with one attached hydrogen (secondary N) is 1. The van der Waals surface area contributed by atoms with E-state index in [-0.39, 0.29) is 49.5 Å². The van der Waals surface area contributed by atoms with E-state index in [1.165, 1.54) is 9.21 Å². The van der Waals surface area contributed by atoms with E-state index in [1.54, 1.807) is 61.5 Å². The molecule has 1 saturated heterocycles. The molecule has 176 valence electrons. The van der Waals surface area contributed by atoms with Crippen molar-refractivity contribution in [3.8, 4) is 0 Å². The van der Waals surface area contributed by atoms with Gasteiger partial charge in [-0.1, -0.05) is 37.3 Å². The molecule has 0 bridgehead atoms. The van der Waals surface area contributed by atoms with E-state index in [1.807, 2.05) is 0 Å². The van der Waals surface area contributed by atoms with Crippen LogP contribution in [-0.2, 0) is 10.0 Å². The third-order valence-corrected chi connectivity index (χ3v) is 7.64. The Morgan fingerprint density at radius 3 is 2.33 bits per heavy atom. The highest BCUT2D eigenvalue weighted by Gasteiger charge is 2.30. The number of rotatable bonds is 6. The standard InChI is InChI=1S/C22H25F2N5O3S/c1-16(20-26-18-9-5-6-10-19(18)29(20)21(23)24)15-25-22(30)27-11-13-28(14-12-27)33(31,32)17-7-3-2-4-8-17/h2-10,16,21H,11-15H2,1H3,(H,25,30). The maximum atomic E-state index is 13.7. The summed E-state index contributed by atoms with van der Waals surface area (Å²) in [4.78, 5) is 18.7. The summed E-state index contributed by atoms with van der Waals surface area (Å²) >= 11 is 0. The van der Waals surface area contributed by atoms with Gasteiger partial charge in [0.2, 0.25) is 10.0 Å². The van der Waals surface area contributed by atoms with Gasteiger partial charge >= 0.3 is 12.6 Å². The van der Waals surface area contributed by atoms with E-state index in [2.05, 4.69) is 10.3 Å². The van der Waals surface area contributed by atoms with Crippen molar-refractivity contribution in [3.63, 3.8) is 0 Å². The molecule has 2 amide bonds. The highest BCUT2D eigenvalue weighted by Crippen LogP contribution is 2.27. The Labute approximate surface area is 190 Å². The largest absolute Gasteiger partial charge is 0.337 e. The summed E-state index contributed by atoms with van der Waals surface area (Å²) in [7, 11) is -3.61. The Hall–Kier alpha value is -3.05. The van der Waals surface area contributed by atoms with Gasteiger partial charge in [-0.2, -0.15) is 13.1 Å². The molecule has 0 saturated carbocycles. The van der Waals surface area contributed by atoms with Gasteiger partial charge in [0.05, 0.1) is 15.9 Å². The second kappa shape index (κ2) is 9.44. The minimum Gasteiger partial charge on any atom is -0.337 e. The quantitative estimate of drug-likeness (QED) is 0.591. The minimum absolute atomic E-state index is 0.122. The zero-order valence-corrected chi connectivity index (χ0v) is 18.9. The zero-order chi connectivity index (χ0) is 23.6. The van der Waals surface area contributed by atoms with Crippen LogP contribution in [0.25, 0.3) is 11.0 Å². The summed E-state index contributed by atoms with van der Waals surface area (Å²) in [6.45, 7) is -0.0561. The molecule has 8 nitrogen and oxygen atoms in total. The number of benzene rings is 2. The highest BCUT2D eigenvalue weighted by molar-refractivity contribution is 7.89. The number of fused-ring (bicyclic) bond motifs is 1. The lowest BCUT2D eigenvalue weighted by Crippen LogP contribution is -2.53. The van der Waals surface area contributed by atoms with Crippen molar-refractivity contribution in [1.82, 2.24) is 24.1 Å². The molecule has 3 aromatic rings. The minimum atomic E-state index is -3.61. The highest BCUT2D eigenvalue weighted by atomic mass is 32.2. The van der Waals surface area contributed by atoms with Gasteiger partial charge in [-0.15, -0.1) is 0 Å². The molecule has 1 aromatic heterocycles. The predicted molar refractivity (Wildman–Crippen MR) is 120 cm³/mol. The Bertz CT molecular complexity index is 1230. The Morgan fingerprint density at radius 2 is 1.67 bits per heavy atom. The fourth-order valence-electron chi connectivity index (χ4n) is 3.93. The van der Waals surface area contributed by atoms with Crippen LogP contribution in [0, 0.1) is 0 Å². The summed E-state index contributed by atoms with van der Waals surface area (Å²) in [5.41, 5.74) is 0.818. The van der Waals surface area contributed by atoms with Gasteiger partial charge in [0, 0.05) is 38.6 Å². The average molecular weight is 478 g/mol. The third kappa shape index (κ3) is 4.69. The summed E-state index contributed by atoms with van der Waals surface area (Å²) in [5, 5.41) is 2.77. The molecule has 1 aliphatic rings. The smallest absolute Gasteiger partial charge is 0.320 e. The molecule has 33 heavy (non-hydrogen) atoms. The van der Waals surface area contributed by atoms with Crippen molar-refractivity contribution in [2.24, 2.45) is 0 Å². The molecule has 1 aliphatic heterocycles. The number of carbonyl (C=O) groups is 1. The summed E-state index contributed by atoms with van der Waals surface area (Å²) < 4.78 is 55.1. The second-order valence-corrected chi connectivity index (χ2v) is 9.84. The predicted octanol–water partition coefficient (Wildman–Crippen LogP) is 3.25. The van der Waals surface area contributed by atoms with E-state index >= 15 is 0 Å². The van der Waals surface area contributed by atoms with E-state index in [0.29, 0.717) is 11.0 Å². The van der Waals surface area contributed by atoms with Gasteiger partial charge < -0.3 is 10.2 Å². The number of carbonyl (C=O) groups excluding carboxylic acids is 1. The lowest BCUT2D eigenvalue weighted by Gasteiger charge is -2.34. The molecule has 0 aliphatic carbocycles. The van der Waals surface area contributed by atoms with Crippen molar-refractivity contribution >= 4 is 27.1 Å². The van der Waals surface area contributed by atoms with Crippen molar-refractivity contribution < 1.29 is 22.0 Å². The molecule has 11 heteroatoms. The van der Waals surface area contributed by atoms with Crippen LogP contribution < -0.4 is 5.32 Å². The van der Waals surface area contributed by atoms with E-state index < -0.39 is 22.5 Å². The number of halogens is 2. The normalized spacial score (nSPS) is 16.3. The molecular formula is C22H25F2N5O3S. The fraction of sp³-hybridized carbons (Fsp3) is 0.364. The van der Waals surface area contributed by atoms with Crippen molar-refractivity contribution in [2.45, 2.75) is 24.3 Å². The van der Waals surface area contributed by atoms with Crippen LogP contribution in [0.5, 0.6) is 0 Å². The summed E-state index contributed by atoms with van der Waals surface area (Å²) in [6.07, 6.45) is 0. The zero-order valence-electron chi connectivity index (χ0n) is 18.1. The molecule has 0 radical (unpaired) electrons. The molecule has 2 aromatic carbocycles. The van der Waals surface area contributed by atoms with Gasteiger partial charge in [0.15, 0.2) is 0 Å². The van der Waals surface area contributed by atoms with Gasteiger partial charge in [0.25, 0.3) is 0 Å². The van der Waals surface area contributed by atoms with E-state index in [0.717, 1.165) is 4.57 Å². The second-order valence-electron chi connectivity index (χ2n) is 7.90. The first-order valence-corrected chi connectivity index (χ1v) is 12.1. The number of amides is 2. The first-order chi connectivity index (χ1) is 15.8. The fourth-order valence-corrected chi connectivity index (χ4v) is 5.38. The molecule has 1 unspecified atom stereocenters. The van der Waals surface area contributed by atoms with Crippen molar-refractivity contribution in [2.75, 3.05) is 32.7 Å². The number of sulfonamides is 1. The van der Waals surface area contributed by atoms with E-state index in [9.17, 15) is 22.0 Å². The monoisotopic (exact) mass is 477 g/mol. The molecule has 0 spiro atoms. The Morgan fingerprint density at radius 1 is 1.03 bits per heavy atom. The van der Waals surface area contributed by atoms with Crippen LogP contribution in [0.2, 0.25) is 0 Å². The van der Waals surface area contributed by atoms with Crippen LogP contribution in [0.1, 0.15) is 25.2 Å².